The molecule has 2 fully saturated rings. The molecular formula is C12H23NO3. The third-order valence-electron chi connectivity index (χ3n) is 3.35. The van der Waals surface area contributed by atoms with Crippen molar-refractivity contribution in [1.29, 1.82) is 0 Å². The summed E-state index contributed by atoms with van der Waals surface area (Å²) < 4.78 is 16.8. The van der Waals surface area contributed by atoms with E-state index in [1.54, 1.807) is 0 Å². The number of ether oxygens (including phenoxy) is 3. The molecule has 0 spiro atoms. The fourth-order valence-corrected chi connectivity index (χ4v) is 2.46. The van der Waals surface area contributed by atoms with Gasteiger partial charge in [0.25, 0.3) is 0 Å². The fourth-order valence-electron chi connectivity index (χ4n) is 2.46. The second kappa shape index (κ2) is 6.55. The van der Waals surface area contributed by atoms with Crippen LogP contribution in [-0.4, -0.2) is 51.7 Å². The van der Waals surface area contributed by atoms with Crippen molar-refractivity contribution in [3.63, 3.8) is 0 Å². The zero-order valence-electron chi connectivity index (χ0n) is 10.1. The van der Waals surface area contributed by atoms with Crippen molar-refractivity contribution in [1.82, 2.24) is 5.32 Å². The highest BCUT2D eigenvalue weighted by atomic mass is 16.6. The molecule has 0 aliphatic carbocycles. The molecule has 0 amide bonds. The zero-order chi connectivity index (χ0) is 11.2. The van der Waals surface area contributed by atoms with Crippen molar-refractivity contribution in [3.05, 3.63) is 0 Å². The van der Waals surface area contributed by atoms with Crippen molar-refractivity contribution in [3.8, 4) is 0 Å². The molecule has 0 aromatic rings. The second-order valence-corrected chi connectivity index (χ2v) is 4.59. The van der Waals surface area contributed by atoms with E-state index in [-0.39, 0.29) is 6.10 Å². The van der Waals surface area contributed by atoms with Gasteiger partial charge in [0.1, 0.15) is 0 Å². The lowest BCUT2D eigenvalue weighted by atomic mass is 9.94. The van der Waals surface area contributed by atoms with Gasteiger partial charge >= 0.3 is 0 Å². The Morgan fingerprint density at radius 1 is 1.19 bits per heavy atom. The van der Waals surface area contributed by atoms with Gasteiger partial charge in [-0.15, -0.1) is 0 Å². The highest BCUT2D eigenvalue weighted by Gasteiger charge is 2.33. The summed E-state index contributed by atoms with van der Waals surface area (Å²) in [5.74, 6) is 0.582. The maximum absolute atomic E-state index is 5.81. The lowest BCUT2D eigenvalue weighted by Crippen LogP contribution is -2.51. The van der Waals surface area contributed by atoms with Crippen molar-refractivity contribution in [2.24, 2.45) is 5.92 Å². The first kappa shape index (κ1) is 12.3. The normalized spacial score (nSPS) is 32.8. The quantitative estimate of drug-likeness (QED) is 0.757. The first-order valence-corrected chi connectivity index (χ1v) is 6.42. The Kier molecular flexibility index (Phi) is 5.03. The molecule has 4 heteroatoms. The van der Waals surface area contributed by atoms with Crippen LogP contribution >= 0.6 is 0 Å². The van der Waals surface area contributed by atoms with Crippen LogP contribution in [0.5, 0.6) is 0 Å². The molecule has 2 rings (SSSR count). The maximum atomic E-state index is 5.81. The SMILES string of the molecule is CCCNC(C1CCOC1)C1COCCO1. The molecule has 0 radical (unpaired) electrons. The van der Waals surface area contributed by atoms with E-state index in [1.165, 1.54) is 0 Å². The van der Waals surface area contributed by atoms with Gasteiger partial charge in [-0.05, 0) is 19.4 Å². The Morgan fingerprint density at radius 2 is 2.06 bits per heavy atom. The van der Waals surface area contributed by atoms with Crippen molar-refractivity contribution < 1.29 is 14.2 Å². The lowest BCUT2D eigenvalue weighted by molar-refractivity contribution is -0.108. The van der Waals surface area contributed by atoms with E-state index >= 15 is 0 Å². The van der Waals surface area contributed by atoms with E-state index in [0.717, 1.165) is 52.4 Å². The van der Waals surface area contributed by atoms with Crippen molar-refractivity contribution in [2.45, 2.75) is 31.9 Å². The minimum absolute atomic E-state index is 0.201. The molecule has 0 bridgehead atoms. The van der Waals surface area contributed by atoms with Gasteiger partial charge in [0.05, 0.1) is 32.5 Å². The van der Waals surface area contributed by atoms with E-state index in [2.05, 4.69) is 12.2 Å². The van der Waals surface area contributed by atoms with Crippen LogP contribution < -0.4 is 5.32 Å². The fraction of sp³-hybridized carbons (Fsp3) is 1.00. The van der Waals surface area contributed by atoms with Crippen LogP contribution in [0.4, 0.5) is 0 Å². The van der Waals surface area contributed by atoms with Gasteiger partial charge in [-0.3, -0.25) is 0 Å². The third-order valence-corrected chi connectivity index (χ3v) is 3.35. The van der Waals surface area contributed by atoms with E-state index in [1.807, 2.05) is 0 Å². The molecule has 16 heavy (non-hydrogen) atoms. The third kappa shape index (κ3) is 3.17. The highest BCUT2D eigenvalue weighted by molar-refractivity contribution is 4.87. The van der Waals surface area contributed by atoms with Gasteiger partial charge in [0.15, 0.2) is 0 Å². The summed E-state index contributed by atoms with van der Waals surface area (Å²) in [6.07, 6.45) is 2.49. The van der Waals surface area contributed by atoms with Gasteiger partial charge in [-0.1, -0.05) is 6.92 Å². The smallest absolute Gasteiger partial charge is 0.0965 e. The lowest BCUT2D eigenvalue weighted by Gasteiger charge is -2.34. The molecule has 3 atom stereocenters. The molecule has 1 N–H and O–H groups in total. The molecule has 2 aliphatic rings. The van der Waals surface area contributed by atoms with Gasteiger partial charge in [-0.25, -0.2) is 0 Å². The summed E-state index contributed by atoms with van der Waals surface area (Å²) in [4.78, 5) is 0. The van der Waals surface area contributed by atoms with Gasteiger partial charge in [0.2, 0.25) is 0 Å². The van der Waals surface area contributed by atoms with Crippen molar-refractivity contribution in [2.75, 3.05) is 39.6 Å². The van der Waals surface area contributed by atoms with Crippen LogP contribution in [0.3, 0.4) is 0 Å². The number of nitrogens with one attached hydrogen (secondary N) is 1. The molecule has 0 saturated carbocycles. The Morgan fingerprint density at radius 3 is 2.69 bits per heavy atom. The average Bonchev–Trinajstić information content (AvgIpc) is 2.85. The molecule has 3 unspecified atom stereocenters. The standard InChI is InChI=1S/C12H23NO3/c1-2-4-13-12(10-3-5-14-8-10)11-9-15-6-7-16-11/h10-13H,2-9H2,1H3. The van der Waals surface area contributed by atoms with E-state index in [4.69, 9.17) is 14.2 Å². The van der Waals surface area contributed by atoms with Crippen LogP contribution in [-0.2, 0) is 14.2 Å². The number of hydrogen-bond acceptors (Lipinski definition) is 4. The summed E-state index contributed by atoms with van der Waals surface area (Å²) in [5, 5.41) is 3.60. The zero-order valence-corrected chi connectivity index (χ0v) is 10.1. The van der Waals surface area contributed by atoms with Gasteiger partial charge in [0, 0.05) is 18.6 Å². The topological polar surface area (TPSA) is 39.7 Å². The van der Waals surface area contributed by atoms with Crippen LogP contribution in [0.15, 0.2) is 0 Å². The Labute approximate surface area is 97.6 Å². The first-order valence-electron chi connectivity index (χ1n) is 6.42. The molecule has 94 valence electrons. The Bertz CT molecular complexity index is 189. The summed E-state index contributed by atoms with van der Waals surface area (Å²) >= 11 is 0. The summed E-state index contributed by atoms with van der Waals surface area (Å²) in [6, 6.07) is 0.391. The molecule has 0 aromatic carbocycles. The molecule has 4 nitrogen and oxygen atoms in total. The molecule has 2 aliphatic heterocycles. The average molecular weight is 229 g/mol. The number of hydrogen-bond donors (Lipinski definition) is 1. The van der Waals surface area contributed by atoms with E-state index < -0.39 is 0 Å². The van der Waals surface area contributed by atoms with Crippen LogP contribution in [0.25, 0.3) is 0 Å². The second-order valence-electron chi connectivity index (χ2n) is 4.59. The largest absolute Gasteiger partial charge is 0.381 e. The minimum atomic E-state index is 0.201. The molecule has 0 aromatic heterocycles. The van der Waals surface area contributed by atoms with Crippen LogP contribution in [0.2, 0.25) is 0 Å². The minimum Gasteiger partial charge on any atom is -0.381 e. The van der Waals surface area contributed by atoms with Gasteiger partial charge < -0.3 is 19.5 Å². The highest BCUT2D eigenvalue weighted by Crippen LogP contribution is 2.22. The summed E-state index contributed by atoms with van der Waals surface area (Å²) in [6.45, 7) is 7.16. The van der Waals surface area contributed by atoms with Crippen LogP contribution in [0, 0.1) is 5.92 Å². The maximum Gasteiger partial charge on any atom is 0.0965 e. The molecular weight excluding hydrogens is 206 g/mol. The monoisotopic (exact) mass is 229 g/mol. The van der Waals surface area contributed by atoms with E-state index in [0.29, 0.717) is 12.0 Å². The summed E-state index contributed by atoms with van der Waals surface area (Å²) in [5.41, 5.74) is 0. The summed E-state index contributed by atoms with van der Waals surface area (Å²) in [7, 11) is 0. The molecule has 2 saturated heterocycles. The van der Waals surface area contributed by atoms with Gasteiger partial charge in [-0.2, -0.15) is 0 Å². The van der Waals surface area contributed by atoms with Crippen LogP contribution in [0.1, 0.15) is 19.8 Å². The Hall–Kier alpha value is -0.160. The predicted molar refractivity (Wildman–Crippen MR) is 61.6 cm³/mol. The molecule has 2 heterocycles. The van der Waals surface area contributed by atoms with E-state index in [9.17, 15) is 0 Å². The predicted octanol–water partition coefficient (Wildman–Crippen LogP) is 0.806. The van der Waals surface area contributed by atoms with Crippen molar-refractivity contribution >= 4 is 0 Å². The first-order chi connectivity index (χ1) is 7.92. The number of rotatable bonds is 5. The Balaban J connectivity index is 1.89.